The van der Waals surface area contributed by atoms with Crippen LogP contribution < -0.4 is 10.1 Å². The predicted octanol–water partition coefficient (Wildman–Crippen LogP) is 5.11. The normalized spacial score (nSPS) is 11.3. The molecule has 1 atom stereocenters. The molecule has 0 spiro atoms. The summed E-state index contributed by atoms with van der Waals surface area (Å²) in [4.78, 5) is 12.8. The third kappa shape index (κ3) is 4.63. The van der Waals surface area contributed by atoms with Crippen LogP contribution in [0.3, 0.4) is 0 Å². The Balaban J connectivity index is 1.88. The number of halogens is 2. The van der Waals surface area contributed by atoms with Crippen molar-refractivity contribution >= 4 is 23.2 Å². The Hall–Kier alpha value is -3.36. The fourth-order valence-corrected chi connectivity index (χ4v) is 2.66. The van der Waals surface area contributed by atoms with Crippen LogP contribution in [-0.4, -0.2) is 5.91 Å². The fraction of sp³-hybridized carbons (Fsp3) is 0.0476. The van der Waals surface area contributed by atoms with Crippen LogP contribution in [0.4, 0.5) is 10.1 Å². The second-order valence-corrected chi connectivity index (χ2v) is 6.07. The number of carbonyl (C=O) groups is 1. The molecule has 3 aromatic rings. The van der Waals surface area contributed by atoms with Gasteiger partial charge in [-0.1, -0.05) is 41.9 Å². The van der Waals surface area contributed by atoms with E-state index >= 15 is 0 Å². The zero-order valence-electron chi connectivity index (χ0n) is 14.0. The first-order valence-electron chi connectivity index (χ1n) is 8.04. The second kappa shape index (κ2) is 8.35. The molecule has 0 saturated carbocycles. The van der Waals surface area contributed by atoms with E-state index in [1.165, 1.54) is 30.3 Å². The van der Waals surface area contributed by atoms with E-state index in [1.807, 2.05) is 12.1 Å². The number of hydrogen-bond donors (Lipinski definition) is 1. The molecule has 0 fully saturated rings. The van der Waals surface area contributed by atoms with Gasteiger partial charge >= 0.3 is 0 Å². The molecule has 0 radical (unpaired) electrons. The number of amides is 1. The van der Waals surface area contributed by atoms with Gasteiger partial charge in [0.05, 0.1) is 16.7 Å². The van der Waals surface area contributed by atoms with E-state index in [9.17, 15) is 9.18 Å². The lowest BCUT2D eigenvalue weighted by atomic mass is 10.1. The van der Waals surface area contributed by atoms with Gasteiger partial charge in [0.1, 0.15) is 11.6 Å². The number of rotatable bonds is 5. The Bertz CT molecular complexity index is 985. The summed E-state index contributed by atoms with van der Waals surface area (Å²) in [5.41, 5.74) is 1.45. The maximum absolute atomic E-state index is 13.1. The van der Waals surface area contributed by atoms with Gasteiger partial charge in [0.2, 0.25) is 6.10 Å². The molecule has 0 aliphatic carbocycles. The predicted molar refractivity (Wildman–Crippen MR) is 101 cm³/mol. The number of benzene rings is 3. The van der Waals surface area contributed by atoms with Gasteiger partial charge in [0.25, 0.3) is 5.91 Å². The van der Waals surface area contributed by atoms with Crippen LogP contribution in [0.2, 0.25) is 5.02 Å². The quantitative estimate of drug-likeness (QED) is 0.669. The topological polar surface area (TPSA) is 62.1 Å². The summed E-state index contributed by atoms with van der Waals surface area (Å²) in [7, 11) is 0. The molecule has 27 heavy (non-hydrogen) atoms. The van der Waals surface area contributed by atoms with Gasteiger partial charge in [0.15, 0.2) is 0 Å². The summed E-state index contributed by atoms with van der Waals surface area (Å²) in [5.74, 6) is -0.555. The smallest absolute Gasteiger partial charge is 0.270 e. The third-order valence-corrected chi connectivity index (χ3v) is 4.05. The van der Waals surface area contributed by atoms with Crippen molar-refractivity contribution in [3.8, 4) is 11.8 Å². The summed E-state index contributed by atoms with van der Waals surface area (Å²) in [5, 5.41) is 11.9. The van der Waals surface area contributed by atoms with E-state index in [2.05, 4.69) is 5.32 Å². The zero-order chi connectivity index (χ0) is 19.2. The summed E-state index contributed by atoms with van der Waals surface area (Å²) in [6, 6.07) is 20.9. The van der Waals surface area contributed by atoms with Crippen molar-refractivity contribution in [1.82, 2.24) is 0 Å². The molecule has 1 N–H and O–H groups in total. The first-order chi connectivity index (χ1) is 13.1. The molecule has 4 nitrogen and oxygen atoms in total. The van der Waals surface area contributed by atoms with Gasteiger partial charge in [-0.25, -0.2) is 4.39 Å². The lowest BCUT2D eigenvalue weighted by Crippen LogP contribution is -2.25. The van der Waals surface area contributed by atoms with Gasteiger partial charge in [-0.05, 0) is 42.5 Å². The van der Waals surface area contributed by atoms with Crippen LogP contribution in [0.15, 0.2) is 72.8 Å². The Morgan fingerprint density at radius 3 is 2.41 bits per heavy atom. The molecular weight excluding hydrogens is 367 g/mol. The number of nitrogens with zero attached hydrogens (tertiary/aromatic N) is 1. The lowest BCUT2D eigenvalue weighted by molar-refractivity contribution is -0.123. The molecule has 0 saturated heterocycles. The number of nitrogens with one attached hydrogen (secondary N) is 1. The molecular formula is C21H14ClFN2O2. The number of nitriles is 1. The van der Waals surface area contributed by atoms with Crippen molar-refractivity contribution in [2.45, 2.75) is 6.10 Å². The minimum Gasteiger partial charge on any atom is -0.474 e. The van der Waals surface area contributed by atoms with Gasteiger partial charge in [-0.3, -0.25) is 4.79 Å². The van der Waals surface area contributed by atoms with Gasteiger partial charge < -0.3 is 10.1 Å². The molecule has 0 aliphatic heterocycles. The van der Waals surface area contributed by atoms with E-state index < -0.39 is 17.8 Å². The number of ether oxygens (including phenoxy) is 1. The van der Waals surface area contributed by atoms with E-state index in [-0.39, 0.29) is 10.8 Å². The van der Waals surface area contributed by atoms with Crippen molar-refractivity contribution in [2.24, 2.45) is 0 Å². The first-order valence-corrected chi connectivity index (χ1v) is 8.42. The molecule has 6 heteroatoms. The molecule has 0 aliphatic rings. The highest BCUT2D eigenvalue weighted by Gasteiger charge is 2.24. The largest absolute Gasteiger partial charge is 0.474 e. The Kier molecular flexibility index (Phi) is 5.70. The summed E-state index contributed by atoms with van der Waals surface area (Å²) >= 11 is 6.17. The second-order valence-electron chi connectivity index (χ2n) is 5.66. The number of anilines is 1. The van der Waals surface area contributed by atoms with Crippen molar-refractivity contribution in [3.63, 3.8) is 0 Å². The summed E-state index contributed by atoms with van der Waals surface area (Å²) in [6.45, 7) is 0. The minimum atomic E-state index is -0.985. The van der Waals surface area contributed by atoms with E-state index in [1.54, 1.807) is 36.4 Å². The van der Waals surface area contributed by atoms with Crippen molar-refractivity contribution < 1.29 is 13.9 Å². The highest BCUT2D eigenvalue weighted by atomic mass is 35.5. The molecule has 0 aromatic heterocycles. The van der Waals surface area contributed by atoms with Crippen LogP contribution in [0.5, 0.6) is 5.75 Å². The maximum atomic E-state index is 13.1. The Morgan fingerprint density at radius 2 is 1.78 bits per heavy atom. The maximum Gasteiger partial charge on any atom is 0.270 e. The number of hydrogen-bond acceptors (Lipinski definition) is 3. The molecule has 0 bridgehead atoms. The average molecular weight is 381 g/mol. The van der Waals surface area contributed by atoms with Crippen LogP contribution in [0, 0.1) is 17.1 Å². The van der Waals surface area contributed by atoms with E-state index in [0.717, 1.165) is 0 Å². The molecule has 0 unspecified atom stereocenters. The van der Waals surface area contributed by atoms with Crippen molar-refractivity contribution in [3.05, 3.63) is 94.8 Å². The molecule has 1 amide bonds. The van der Waals surface area contributed by atoms with Crippen LogP contribution in [-0.2, 0) is 4.79 Å². The fourth-order valence-electron chi connectivity index (χ4n) is 2.43. The van der Waals surface area contributed by atoms with Crippen molar-refractivity contribution in [1.29, 1.82) is 5.26 Å². The van der Waals surface area contributed by atoms with Crippen LogP contribution in [0.25, 0.3) is 0 Å². The molecule has 3 rings (SSSR count). The third-order valence-electron chi connectivity index (χ3n) is 3.76. The standard InChI is InChI=1S/C21H14ClFN2O2/c22-18-12-14(13-24)6-11-19(18)27-20(15-4-2-1-3-5-15)21(26)25-17-9-7-16(23)8-10-17/h1-12,20H,(H,25,26)/t20-/m1/s1. The van der Waals surface area contributed by atoms with Gasteiger partial charge in [0, 0.05) is 11.3 Å². The van der Waals surface area contributed by atoms with E-state index in [4.69, 9.17) is 21.6 Å². The Labute approximate surface area is 160 Å². The lowest BCUT2D eigenvalue weighted by Gasteiger charge is -2.20. The summed E-state index contributed by atoms with van der Waals surface area (Å²) in [6.07, 6.45) is -0.985. The highest BCUT2D eigenvalue weighted by Crippen LogP contribution is 2.30. The van der Waals surface area contributed by atoms with Crippen LogP contribution in [0.1, 0.15) is 17.2 Å². The number of carbonyl (C=O) groups excluding carboxylic acids is 1. The monoisotopic (exact) mass is 380 g/mol. The first kappa shape index (κ1) is 18.4. The zero-order valence-corrected chi connectivity index (χ0v) is 14.8. The van der Waals surface area contributed by atoms with E-state index in [0.29, 0.717) is 16.8 Å². The SMILES string of the molecule is N#Cc1ccc(O[C@@H](C(=O)Nc2ccc(F)cc2)c2ccccc2)c(Cl)c1. The summed E-state index contributed by atoms with van der Waals surface area (Å²) < 4.78 is 18.9. The average Bonchev–Trinajstić information content (AvgIpc) is 2.69. The molecule has 3 aromatic carbocycles. The molecule has 134 valence electrons. The minimum absolute atomic E-state index is 0.226. The van der Waals surface area contributed by atoms with Gasteiger partial charge in [-0.15, -0.1) is 0 Å². The highest BCUT2D eigenvalue weighted by molar-refractivity contribution is 6.32. The molecule has 0 heterocycles. The van der Waals surface area contributed by atoms with Crippen LogP contribution >= 0.6 is 11.6 Å². The Morgan fingerprint density at radius 1 is 1.07 bits per heavy atom. The van der Waals surface area contributed by atoms with Gasteiger partial charge in [-0.2, -0.15) is 5.26 Å². The van der Waals surface area contributed by atoms with Crippen molar-refractivity contribution in [2.75, 3.05) is 5.32 Å².